The van der Waals surface area contributed by atoms with E-state index in [9.17, 15) is 38.4 Å². The highest BCUT2D eigenvalue weighted by Gasteiger charge is 2.47. The number of aryl methyl sites for hydroxylation is 2. The van der Waals surface area contributed by atoms with E-state index in [-0.39, 0.29) is 61.6 Å². The zero-order chi connectivity index (χ0) is 60.4. The zero-order valence-electron chi connectivity index (χ0n) is 50.1. The van der Waals surface area contributed by atoms with Gasteiger partial charge in [-0.05, 0) is 153 Å². The molecule has 1 saturated heterocycles. The molecule has 446 valence electrons. The van der Waals surface area contributed by atoms with Gasteiger partial charge in [-0.2, -0.15) is 0 Å². The molecule has 9 rings (SSSR count). The van der Waals surface area contributed by atoms with Crippen LogP contribution in [0.1, 0.15) is 143 Å². The number of nitrogens with zero attached hydrogens (tertiary/aromatic N) is 3. The van der Waals surface area contributed by atoms with Crippen LogP contribution in [0.4, 0.5) is 10.5 Å². The first kappa shape index (κ1) is 60.7. The molecule has 19 heteroatoms. The molecule has 9 atom stereocenters. The van der Waals surface area contributed by atoms with E-state index in [1.54, 1.807) is 69.4 Å². The molecule has 0 spiro atoms. The molecule has 84 heavy (non-hydrogen) atoms. The Bertz CT molecular complexity index is 3340. The van der Waals surface area contributed by atoms with Crippen LogP contribution in [-0.2, 0) is 54.6 Å². The van der Waals surface area contributed by atoms with Crippen molar-refractivity contribution in [2.75, 3.05) is 26.0 Å². The number of rotatable bonds is 15. The third kappa shape index (κ3) is 13.2. The van der Waals surface area contributed by atoms with Crippen LogP contribution >= 0.6 is 0 Å². The molecule has 4 aromatic carbocycles. The van der Waals surface area contributed by atoms with E-state index < -0.39 is 76.9 Å². The van der Waals surface area contributed by atoms with Gasteiger partial charge in [0.15, 0.2) is 0 Å². The van der Waals surface area contributed by atoms with E-state index in [1.807, 2.05) is 90.1 Å². The van der Waals surface area contributed by atoms with Crippen molar-refractivity contribution in [2.45, 2.75) is 168 Å². The van der Waals surface area contributed by atoms with Crippen molar-refractivity contribution in [3.05, 3.63) is 136 Å². The van der Waals surface area contributed by atoms with Gasteiger partial charge in [-0.3, -0.25) is 38.1 Å². The highest BCUT2D eigenvalue weighted by atomic mass is 16.2. The van der Waals surface area contributed by atoms with E-state index in [1.165, 1.54) is 20.6 Å². The minimum Gasteiger partial charge on any atom is -0.347 e. The lowest BCUT2D eigenvalue weighted by Gasteiger charge is -2.42. The largest absolute Gasteiger partial charge is 0.347 e. The lowest BCUT2D eigenvalue weighted by Crippen LogP contribution is -2.62. The van der Waals surface area contributed by atoms with E-state index in [0.29, 0.717) is 22.2 Å². The molecule has 9 unspecified atom stereocenters. The van der Waals surface area contributed by atoms with Gasteiger partial charge in [0.25, 0.3) is 5.91 Å². The molecule has 0 radical (unpaired) electrons. The lowest BCUT2D eigenvalue weighted by atomic mass is 9.83. The molecule has 2 aliphatic heterocycles. The Morgan fingerprint density at radius 1 is 0.583 bits per heavy atom. The number of nitrogens with one attached hydrogen (secondary N) is 8. The van der Waals surface area contributed by atoms with Crippen molar-refractivity contribution >= 4 is 64.0 Å². The molecule has 1 aromatic heterocycles. The van der Waals surface area contributed by atoms with Crippen LogP contribution in [0.5, 0.6) is 0 Å². The molecule has 8 amide bonds. The number of aromatic nitrogens is 1. The molecular formula is C65H83N11O8. The van der Waals surface area contributed by atoms with Gasteiger partial charge in [-0.1, -0.05) is 96.1 Å². The quantitative estimate of drug-likeness (QED) is 0.0579. The topological polar surface area (TPSA) is 244 Å². The van der Waals surface area contributed by atoms with Crippen molar-refractivity contribution in [1.29, 1.82) is 0 Å². The highest BCUT2D eigenvalue weighted by Crippen LogP contribution is 2.35. The highest BCUT2D eigenvalue weighted by molar-refractivity contribution is 6.07. The zero-order valence-corrected chi connectivity index (χ0v) is 50.1. The maximum absolute atomic E-state index is 14.9. The van der Waals surface area contributed by atoms with Crippen LogP contribution in [0.15, 0.2) is 97.2 Å². The number of hydrogen-bond acceptors (Lipinski definition) is 10. The van der Waals surface area contributed by atoms with Crippen molar-refractivity contribution in [2.24, 2.45) is 10.8 Å². The third-order valence-corrected chi connectivity index (χ3v) is 17.4. The predicted molar refractivity (Wildman–Crippen MR) is 323 cm³/mol. The van der Waals surface area contributed by atoms with Crippen LogP contribution < -0.4 is 42.5 Å². The van der Waals surface area contributed by atoms with Gasteiger partial charge in [-0.15, -0.1) is 0 Å². The number of fused-ring (bicyclic) bond motifs is 4. The summed E-state index contributed by atoms with van der Waals surface area (Å²) in [5.74, 6) is -2.55. The Hall–Kier alpha value is -7.90. The molecular weight excluding hydrogens is 1060 g/mol. The second kappa shape index (κ2) is 25.1. The van der Waals surface area contributed by atoms with Gasteiger partial charge in [0.05, 0.1) is 35.7 Å². The van der Waals surface area contributed by atoms with Crippen LogP contribution in [0.25, 0.3) is 10.9 Å². The van der Waals surface area contributed by atoms with Crippen LogP contribution in [0, 0.1) is 10.8 Å². The fraction of sp³-hybridized carbons (Fsp3) is 0.477. The Kier molecular flexibility index (Phi) is 18.2. The number of likely N-dealkylation sites (tertiary alicyclic amines) is 1. The molecule has 8 N–H and O–H groups in total. The van der Waals surface area contributed by atoms with Crippen LogP contribution in [0.3, 0.4) is 0 Å². The monoisotopic (exact) mass is 1150 g/mol. The van der Waals surface area contributed by atoms with Crippen molar-refractivity contribution in [3.8, 4) is 0 Å². The van der Waals surface area contributed by atoms with Crippen molar-refractivity contribution < 1.29 is 38.4 Å². The third-order valence-electron chi connectivity index (χ3n) is 17.4. The number of benzene rings is 4. The van der Waals surface area contributed by atoms with Gasteiger partial charge >= 0.3 is 6.03 Å². The SMILES string of the molecule is CNC(C)C(=O)NC(C(=O)N1Cc2cc(NC(=O)c3ccc4c(ccn4C(=O)NC4CC(C(=O)NC5CCCc6ccccc65)N(C(=O)C(NC(=O)C(C)NC)C(C)(C)C)C4)c3)ccc2CC1C(=O)NC1CCCc2ccccc21)C(C)(C)C. The second-order valence-electron chi connectivity index (χ2n) is 25.4. The molecule has 19 nitrogen and oxygen atoms in total. The number of amides is 8. The average Bonchev–Trinajstić information content (AvgIpc) is 2.06. The first-order chi connectivity index (χ1) is 39.9. The fourth-order valence-electron chi connectivity index (χ4n) is 12.2. The summed E-state index contributed by atoms with van der Waals surface area (Å²) in [5, 5.41) is 25.0. The number of carbonyl (C=O) groups is 8. The Morgan fingerprint density at radius 3 is 1.69 bits per heavy atom. The maximum atomic E-state index is 14.9. The van der Waals surface area contributed by atoms with E-state index in [4.69, 9.17) is 0 Å². The van der Waals surface area contributed by atoms with Gasteiger partial charge in [0.2, 0.25) is 35.4 Å². The molecule has 0 bridgehead atoms. The van der Waals surface area contributed by atoms with Gasteiger partial charge in [0, 0.05) is 42.3 Å². The van der Waals surface area contributed by atoms with Crippen molar-refractivity contribution in [3.63, 3.8) is 0 Å². The molecule has 4 aliphatic rings. The Morgan fingerprint density at radius 2 is 1.13 bits per heavy atom. The first-order valence-electron chi connectivity index (χ1n) is 29.6. The lowest BCUT2D eigenvalue weighted by molar-refractivity contribution is -0.147. The number of likely N-dealkylation sites (N-methyl/N-ethyl adjacent to an activating group) is 2. The molecule has 5 aromatic rings. The number of carbonyl (C=O) groups excluding carboxylic acids is 8. The van der Waals surface area contributed by atoms with Gasteiger partial charge in [-0.25, -0.2) is 4.79 Å². The van der Waals surface area contributed by atoms with Crippen LogP contribution in [0.2, 0.25) is 0 Å². The minimum absolute atomic E-state index is 0.0201. The minimum atomic E-state index is -0.979. The standard InChI is InChI=1S/C65H83N11O8/c1-37(66-9)56(77)72-54(64(3,4)5)61(82)75-35-44-32-45(27-25-41(44)33-52(75)59(80)70-49-23-15-19-39-17-11-13-21-47(39)49)68-58(79)43-26-28-51-42(31-43)29-30-74(51)63(84)69-46-34-53(60(81)71-50-24-16-20-40-18-12-14-22-48(40)50)76(36-46)62(83)55(65(6,7)8)73-57(78)38(2)67-10/h11-14,17-18,21-22,25-32,37-38,46,49-50,52-55,66-67H,15-16,19-20,23-24,33-36H2,1-10H3,(H,68,79)(H,69,84)(H,70,80)(H,71,81)(H,72,77)(H,73,78). The smallest absolute Gasteiger partial charge is 0.326 e. The Labute approximate surface area is 492 Å². The molecule has 2 aliphatic carbocycles. The summed E-state index contributed by atoms with van der Waals surface area (Å²) in [6.07, 6.45) is 7.11. The molecule has 0 saturated carbocycles. The molecule has 3 heterocycles. The normalized spacial score (nSPS) is 20.9. The van der Waals surface area contributed by atoms with E-state index in [2.05, 4.69) is 54.7 Å². The molecule has 1 fully saturated rings. The first-order valence-corrected chi connectivity index (χ1v) is 29.6. The van der Waals surface area contributed by atoms with Gasteiger partial charge < -0.3 is 52.3 Å². The number of hydrogen-bond donors (Lipinski definition) is 8. The second-order valence-corrected chi connectivity index (χ2v) is 25.4. The summed E-state index contributed by atoms with van der Waals surface area (Å²) in [5.41, 5.74) is 5.93. The van der Waals surface area contributed by atoms with E-state index >= 15 is 0 Å². The van der Waals surface area contributed by atoms with Crippen molar-refractivity contribution in [1.82, 2.24) is 51.6 Å². The van der Waals surface area contributed by atoms with Gasteiger partial charge in [0.1, 0.15) is 24.2 Å². The summed E-state index contributed by atoms with van der Waals surface area (Å²) in [4.78, 5) is 117. The maximum Gasteiger partial charge on any atom is 0.326 e. The summed E-state index contributed by atoms with van der Waals surface area (Å²) >= 11 is 0. The number of anilines is 1. The predicted octanol–water partition coefficient (Wildman–Crippen LogP) is 6.34. The van der Waals surface area contributed by atoms with Crippen LogP contribution in [-0.4, -0.2) is 125 Å². The van der Waals surface area contributed by atoms with E-state index in [0.717, 1.165) is 60.8 Å². The Balaban J connectivity index is 0.915. The fourth-order valence-corrected chi connectivity index (χ4v) is 12.2. The summed E-state index contributed by atoms with van der Waals surface area (Å²) in [6.45, 7) is 14.7. The summed E-state index contributed by atoms with van der Waals surface area (Å²) < 4.78 is 1.43. The summed E-state index contributed by atoms with van der Waals surface area (Å²) in [6, 6.07) is 21.8. The average molecular weight is 1150 g/mol. The summed E-state index contributed by atoms with van der Waals surface area (Å²) in [7, 11) is 3.33.